The van der Waals surface area contributed by atoms with Crippen LogP contribution in [-0.2, 0) is 15.9 Å². The van der Waals surface area contributed by atoms with Crippen LogP contribution in [0.25, 0.3) is 0 Å². The zero-order valence-electron chi connectivity index (χ0n) is 19.0. The monoisotopic (exact) mass is 439 g/mol. The van der Waals surface area contributed by atoms with E-state index in [0.29, 0.717) is 13.2 Å². The maximum atomic E-state index is 11.6. The first-order valence-corrected chi connectivity index (χ1v) is 11.5. The van der Waals surface area contributed by atoms with Gasteiger partial charge in [-0.3, -0.25) is 4.99 Å². The lowest BCUT2D eigenvalue weighted by atomic mass is 10.1. The molecule has 1 amide bonds. The van der Waals surface area contributed by atoms with Crippen LogP contribution >= 0.6 is 11.3 Å². The van der Waals surface area contributed by atoms with Crippen molar-refractivity contribution >= 4 is 23.4 Å². The van der Waals surface area contributed by atoms with Crippen molar-refractivity contribution in [3.63, 3.8) is 0 Å². The Balaban J connectivity index is 1.56. The molecule has 2 heterocycles. The number of amides is 1. The Morgan fingerprint density at radius 2 is 2.03 bits per heavy atom. The Bertz CT molecular complexity index is 678. The number of piperidine rings is 1. The summed E-state index contributed by atoms with van der Waals surface area (Å²) in [6, 6.07) is 0. The van der Waals surface area contributed by atoms with Gasteiger partial charge in [0.15, 0.2) is 5.96 Å². The molecule has 1 fully saturated rings. The van der Waals surface area contributed by atoms with Gasteiger partial charge >= 0.3 is 6.09 Å². The number of aryl methyl sites for hydroxylation is 1. The summed E-state index contributed by atoms with van der Waals surface area (Å²) in [6.45, 7) is 11.5. The van der Waals surface area contributed by atoms with Crippen LogP contribution < -0.4 is 10.6 Å². The number of ether oxygens (including phenoxy) is 2. The highest BCUT2D eigenvalue weighted by molar-refractivity contribution is 7.11. The van der Waals surface area contributed by atoms with E-state index in [4.69, 9.17) is 9.47 Å². The van der Waals surface area contributed by atoms with Crippen molar-refractivity contribution in [1.82, 2.24) is 20.5 Å². The van der Waals surface area contributed by atoms with E-state index >= 15 is 0 Å². The van der Waals surface area contributed by atoms with E-state index in [-0.39, 0.29) is 12.2 Å². The number of alkyl carbamates (subject to hydrolysis) is 1. The third-order valence-electron chi connectivity index (χ3n) is 4.59. The number of aliphatic imine (C=N–C) groups is 1. The molecule has 170 valence electrons. The molecule has 0 aliphatic carbocycles. The Hall–Kier alpha value is -1.87. The van der Waals surface area contributed by atoms with Crippen LogP contribution in [0.15, 0.2) is 11.2 Å². The molecule has 1 aliphatic rings. The number of thiazole rings is 1. The highest BCUT2D eigenvalue weighted by Crippen LogP contribution is 2.15. The largest absolute Gasteiger partial charge is 0.444 e. The summed E-state index contributed by atoms with van der Waals surface area (Å²) in [5.41, 5.74) is -0.468. The smallest absolute Gasteiger partial charge is 0.407 e. The van der Waals surface area contributed by atoms with Gasteiger partial charge in [0.1, 0.15) is 5.60 Å². The summed E-state index contributed by atoms with van der Waals surface area (Å²) in [6.07, 6.45) is 5.46. The van der Waals surface area contributed by atoms with E-state index in [1.54, 1.807) is 11.3 Å². The highest BCUT2D eigenvalue weighted by atomic mass is 32.1. The summed E-state index contributed by atoms with van der Waals surface area (Å²) in [5.74, 6) is 0.947. The molecular weight excluding hydrogens is 402 g/mol. The van der Waals surface area contributed by atoms with Crippen molar-refractivity contribution in [2.75, 3.05) is 39.8 Å². The Labute approximate surface area is 184 Å². The molecule has 0 saturated carbocycles. The van der Waals surface area contributed by atoms with Gasteiger partial charge in [0.05, 0.1) is 11.1 Å². The number of hydrogen-bond donors (Lipinski definition) is 2. The molecule has 8 nitrogen and oxygen atoms in total. The number of hydrogen-bond acceptors (Lipinski definition) is 6. The van der Waals surface area contributed by atoms with E-state index < -0.39 is 5.60 Å². The minimum Gasteiger partial charge on any atom is -0.444 e. The number of likely N-dealkylation sites (tertiary alicyclic amines) is 1. The summed E-state index contributed by atoms with van der Waals surface area (Å²) < 4.78 is 11.2. The molecule has 0 radical (unpaired) electrons. The SMILES string of the molecule is CN=C(NCCc1ncc(C)s1)N1CCC(OCCCNC(=O)OC(C)(C)C)CC1. The third kappa shape index (κ3) is 9.30. The van der Waals surface area contributed by atoms with E-state index in [9.17, 15) is 4.79 Å². The second kappa shape index (κ2) is 12.1. The molecule has 0 unspecified atom stereocenters. The quantitative estimate of drug-likeness (QED) is 0.368. The van der Waals surface area contributed by atoms with E-state index in [1.807, 2.05) is 34.0 Å². The van der Waals surface area contributed by atoms with Crippen LogP contribution in [0.2, 0.25) is 0 Å². The second-order valence-electron chi connectivity index (χ2n) is 8.43. The molecule has 1 aromatic rings. The van der Waals surface area contributed by atoms with Crippen LogP contribution in [0, 0.1) is 6.92 Å². The molecular formula is C21H37N5O3S. The van der Waals surface area contributed by atoms with Gasteiger partial charge in [-0.05, 0) is 47.0 Å². The fourth-order valence-corrected chi connectivity index (χ4v) is 3.98. The summed E-state index contributed by atoms with van der Waals surface area (Å²) in [7, 11) is 1.83. The maximum absolute atomic E-state index is 11.6. The molecule has 1 aromatic heterocycles. The van der Waals surface area contributed by atoms with Crippen LogP contribution in [-0.4, -0.2) is 73.5 Å². The van der Waals surface area contributed by atoms with Gasteiger partial charge in [0, 0.05) is 57.3 Å². The van der Waals surface area contributed by atoms with Crippen LogP contribution in [0.3, 0.4) is 0 Å². The number of guanidine groups is 1. The molecule has 0 spiro atoms. The second-order valence-corrected chi connectivity index (χ2v) is 9.75. The highest BCUT2D eigenvalue weighted by Gasteiger charge is 2.22. The van der Waals surface area contributed by atoms with Crippen molar-refractivity contribution in [1.29, 1.82) is 0 Å². The number of carbonyl (C=O) groups is 1. The third-order valence-corrected chi connectivity index (χ3v) is 5.56. The molecule has 0 atom stereocenters. The summed E-state index contributed by atoms with van der Waals surface area (Å²) >= 11 is 1.75. The normalized spacial score (nSPS) is 15.9. The van der Waals surface area contributed by atoms with Gasteiger partial charge in [0.2, 0.25) is 0 Å². The average Bonchev–Trinajstić information content (AvgIpc) is 3.09. The first-order chi connectivity index (χ1) is 14.3. The molecule has 2 rings (SSSR count). The lowest BCUT2D eigenvalue weighted by Crippen LogP contribution is -2.47. The fourth-order valence-electron chi connectivity index (χ4n) is 3.19. The summed E-state index contributed by atoms with van der Waals surface area (Å²) in [4.78, 5) is 24.0. The van der Waals surface area contributed by atoms with Gasteiger partial charge in [-0.15, -0.1) is 11.3 Å². The zero-order valence-corrected chi connectivity index (χ0v) is 19.8. The number of nitrogens with one attached hydrogen (secondary N) is 2. The molecule has 2 N–H and O–H groups in total. The van der Waals surface area contributed by atoms with Crippen molar-refractivity contribution in [3.8, 4) is 0 Å². The van der Waals surface area contributed by atoms with E-state index in [1.165, 1.54) is 4.88 Å². The van der Waals surface area contributed by atoms with Crippen LogP contribution in [0.4, 0.5) is 4.79 Å². The predicted molar refractivity (Wildman–Crippen MR) is 121 cm³/mol. The lowest BCUT2D eigenvalue weighted by Gasteiger charge is -2.34. The number of aromatic nitrogens is 1. The van der Waals surface area contributed by atoms with Crippen LogP contribution in [0.1, 0.15) is 49.9 Å². The van der Waals surface area contributed by atoms with Gasteiger partial charge in [-0.25, -0.2) is 9.78 Å². The number of carbonyl (C=O) groups excluding carboxylic acids is 1. The topological polar surface area (TPSA) is 88.1 Å². The molecule has 0 aromatic carbocycles. The Morgan fingerprint density at radius 1 is 1.30 bits per heavy atom. The van der Waals surface area contributed by atoms with Crippen molar-refractivity contribution < 1.29 is 14.3 Å². The Kier molecular flexibility index (Phi) is 9.84. The van der Waals surface area contributed by atoms with Gasteiger partial charge in [-0.2, -0.15) is 0 Å². The summed E-state index contributed by atoms with van der Waals surface area (Å²) in [5, 5.41) is 7.37. The minimum absolute atomic E-state index is 0.263. The molecule has 30 heavy (non-hydrogen) atoms. The fraction of sp³-hybridized carbons (Fsp3) is 0.762. The standard InChI is InChI=1S/C21H37N5O3S/c1-16-15-25-18(30-16)7-11-23-19(22-5)26-12-8-17(9-13-26)28-14-6-10-24-20(27)29-21(2,3)4/h15,17H,6-14H2,1-5H3,(H,22,23)(H,24,27). The molecule has 1 saturated heterocycles. The first-order valence-electron chi connectivity index (χ1n) is 10.7. The number of nitrogens with zero attached hydrogens (tertiary/aromatic N) is 3. The lowest BCUT2D eigenvalue weighted by molar-refractivity contribution is 0.0170. The zero-order chi connectivity index (χ0) is 22.0. The van der Waals surface area contributed by atoms with Crippen molar-refractivity contribution in [2.24, 2.45) is 4.99 Å². The van der Waals surface area contributed by atoms with Gasteiger partial charge < -0.3 is 25.0 Å². The van der Waals surface area contributed by atoms with Gasteiger partial charge in [-0.1, -0.05) is 0 Å². The molecule has 0 bridgehead atoms. The van der Waals surface area contributed by atoms with E-state index in [0.717, 1.165) is 56.3 Å². The van der Waals surface area contributed by atoms with Crippen LogP contribution in [0.5, 0.6) is 0 Å². The molecule has 1 aliphatic heterocycles. The van der Waals surface area contributed by atoms with E-state index in [2.05, 4.69) is 32.4 Å². The van der Waals surface area contributed by atoms with Crippen molar-refractivity contribution in [2.45, 2.75) is 65.1 Å². The predicted octanol–water partition coefficient (Wildman–Crippen LogP) is 2.97. The Morgan fingerprint density at radius 3 is 2.63 bits per heavy atom. The minimum atomic E-state index is -0.468. The maximum Gasteiger partial charge on any atom is 0.407 e. The molecule has 9 heteroatoms. The van der Waals surface area contributed by atoms with Crippen molar-refractivity contribution in [3.05, 3.63) is 16.1 Å². The van der Waals surface area contributed by atoms with Gasteiger partial charge in [0.25, 0.3) is 0 Å². The average molecular weight is 440 g/mol. The number of rotatable bonds is 8. The first kappa shape index (κ1) is 24.4.